The minimum absolute atomic E-state index is 0.0844. The zero-order valence-corrected chi connectivity index (χ0v) is 23.6. The molecule has 10 atom stereocenters. The van der Waals surface area contributed by atoms with E-state index in [-0.39, 0.29) is 12.1 Å². The van der Waals surface area contributed by atoms with E-state index in [1.54, 1.807) is 12.5 Å². The number of fused-ring (bicyclic) bond motifs is 2. The molecule has 5 fully saturated rings. The third kappa shape index (κ3) is 3.21. The van der Waals surface area contributed by atoms with E-state index in [1.807, 2.05) is 0 Å². The van der Waals surface area contributed by atoms with Crippen LogP contribution in [0.15, 0.2) is 11.1 Å². The second-order valence-corrected chi connectivity index (χ2v) is 14.5. The van der Waals surface area contributed by atoms with Gasteiger partial charge in [0.05, 0.1) is 0 Å². The van der Waals surface area contributed by atoms with E-state index >= 15 is 0 Å². The van der Waals surface area contributed by atoms with Gasteiger partial charge >= 0.3 is 5.97 Å². The van der Waals surface area contributed by atoms with Gasteiger partial charge in [0.15, 0.2) is 0 Å². The maximum Gasteiger partial charge on any atom is 0.302 e. The van der Waals surface area contributed by atoms with Crippen LogP contribution in [0.5, 0.6) is 0 Å². The van der Waals surface area contributed by atoms with Gasteiger partial charge in [0.2, 0.25) is 0 Å². The van der Waals surface area contributed by atoms with Gasteiger partial charge in [0.25, 0.3) is 0 Å². The maximum atomic E-state index is 11.7. The van der Waals surface area contributed by atoms with Crippen molar-refractivity contribution in [1.82, 2.24) is 0 Å². The molecule has 0 aromatic rings. The average Bonchev–Trinajstić information content (AvgIpc) is 3.36. The lowest BCUT2D eigenvalue weighted by Gasteiger charge is -2.62. The number of ether oxygens (including phenoxy) is 1. The van der Waals surface area contributed by atoms with Crippen LogP contribution in [0.1, 0.15) is 126 Å². The van der Waals surface area contributed by atoms with E-state index in [0.717, 1.165) is 30.1 Å². The summed E-state index contributed by atoms with van der Waals surface area (Å²) < 4.78 is 5.81. The van der Waals surface area contributed by atoms with Crippen molar-refractivity contribution < 1.29 is 9.53 Å². The SMILES string of the molecule is CC(=O)O[C@H]1CC[C@]23C[C@]24CC[C@]2(C)[C@@H]([C@H](C)CCC(C)=C(C)C)CC[C@@]2(C)[C@@H]4CC[C@H]3[C@@H]1C. The third-order valence-electron chi connectivity index (χ3n) is 13.5. The molecule has 5 rings (SSSR count). The lowest BCUT2D eigenvalue weighted by Crippen LogP contribution is -2.56. The lowest BCUT2D eigenvalue weighted by atomic mass is 9.43. The zero-order chi connectivity index (χ0) is 24.7. The average molecular weight is 469 g/mol. The van der Waals surface area contributed by atoms with Crippen LogP contribution in [-0.4, -0.2) is 12.1 Å². The van der Waals surface area contributed by atoms with Crippen molar-refractivity contribution in [2.75, 3.05) is 0 Å². The monoisotopic (exact) mass is 468 g/mol. The summed E-state index contributed by atoms with van der Waals surface area (Å²) in [4.78, 5) is 11.7. The first-order valence-electron chi connectivity index (χ1n) is 14.7. The van der Waals surface area contributed by atoms with Crippen molar-refractivity contribution in [1.29, 1.82) is 0 Å². The molecule has 0 unspecified atom stereocenters. The van der Waals surface area contributed by atoms with Crippen LogP contribution >= 0.6 is 0 Å². The molecule has 5 aliphatic carbocycles. The maximum absolute atomic E-state index is 11.7. The fourth-order valence-corrected chi connectivity index (χ4v) is 11.2. The summed E-state index contributed by atoms with van der Waals surface area (Å²) in [6, 6.07) is 0. The van der Waals surface area contributed by atoms with Gasteiger partial charge in [0.1, 0.15) is 6.10 Å². The van der Waals surface area contributed by atoms with Crippen LogP contribution < -0.4 is 0 Å². The first-order chi connectivity index (χ1) is 15.9. The minimum atomic E-state index is -0.0844. The van der Waals surface area contributed by atoms with E-state index in [2.05, 4.69) is 48.5 Å². The Morgan fingerprint density at radius 1 is 0.912 bits per heavy atom. The fourth-order valence-electron chi connectivity index (χ4n) is 11.2. The molecular formula is C32H52O2. The second-order valence-electron chi connectivity index (χ2n) is 14.5. The summed E-state index contributed by atoms with van der Waals surface area (Å²) in [6.07, 6.45) is 15.3. The molecule has 5 saturated carbocycles. The molecular weight excluding hydrogens is 416 g/mol. The topological polar surface area (TPSA) is 26.3 Å². The number of allylic oxidation sites excluding steroid dienone is 2. The molecule has 2 spiro atoms. The van der Waals surface area contributed by atoms with E-state index in [9.17, 15) is 4.79 Å². The summed E-state index contributed by atoms with van der Waals surface area (Å²) in [7, 11) is 0. The number of hydrogen-bond acceptors (Lipinski definition) is 2. The molecule has 0 bridgehead atoms. The summed E-state index contributed by atoms with van der Waals surface area (Å²) in [5.74, 6) is 3.87. The molecule has 0 aliphatic heterocycles. The molecule has 0 aromatic heterocycles. The van der Waals surface area contributed by atoms with Crippen molar-refractivity contribution in [2.24, 2.45) is 51.2 Å². The minimum Gasteiger partial charge on any atom is -0.462 e. The number of rotatable bonds is 5. The molecule has 0 N–H and O–H groups in total. The highest BCUT2D eigenvalue weighted by molar-refractivity contribution is 5.66. The molecule has 2 nitrogen and oxygen atoms in total. The predicted molar refractivity (Wildman–Crippen MR) is 140 cm³/mol. The van der Waals surface area contributed by atoms with Crippen LogP contribution in [-0.2, 0) is 9.53 Å². The molecule has 0 saturated heterocycles. The van der Waals surface area contributed by atoms with Crippen molar-refractivity contribution in [3.05, 3.63) is 11.1 Å². The van der Waals surface area contributed by atoms with Crippen LogP contribution in [0.3, 0.4) is 0 Å². The first-order valence-corrected chi connectivity index (χ1v) is 14.7. The van der Waals surface area contributed by atoms with Gasteiger partial charge in [-0.1, -0.05) is 38.8 Å². The van der Waals surface area contributed by atoms with Gasteiger partial charge in [0, 0.05) is 6.92 Å². The number of esters is 1. The van der Waals surface area contributed by atoms with Gasteiger partial charge < -0.3 is 4.74 Å². The smallest absolute Gasteiger partial charge is 0.302 e. The Hall–Kier alpha value is -0.790. The van der Waals surface area contributed by atoms with E-state index in [4.69, 9.17) is 4.74 Å². The Balaban J connectivity index is 1.36. The third-order valence-corrected chi connectivity index (χ3v) is 13.5. The molecule has 192 valence electrons. The fraction of sp³-hybridized carbons (Fsp3) is 0.906. The number of hydrogen-bond donors (Lipinski definition) is 0. The highest BCUT2D eigenvalue weighted by atomic mass is 16.5. The molecule has 0 amide bonds. The van der Waals surface area contributed by atoms with Crippen LogP contribution in [0.25, 0.3) is 0 Å². The molecule has 0 aromatic carbocycles. The summed E-state index contributed by atoms with van der Waals surface area (Å²) in [5.41, 5.74) is 5.33. The molecule has 0 heterocycles. The number of carbonyl (C=O) groups excluding carboxylic acids is 1. The highest BCUT2D eigenvalue weighted by Gasteiger charge is 2.81. The Morgan fingerprint density at radius 3 is 2.32 bits per heavy atom. The molecule has 5 aliphatic rings. The van der Waals surface area contributed by atoms with Crippen molar-refractivity contribution in [3.63, 3.8) is 0 Å². The van der Waals surface area contributed by atoms with Crippen molar-refractivity contribution >= 4 is 5.97 Å². The van der Waals surface area contributed by atoms with Gasteiger partial charge in [-0.25, -0.2) is 0 Å². The van der Waals surface area contributed by atoms with Crippen LogP contribution in [0.4, 0.5) is 0 Å². The van der Waals surface area contributed by atoms with Gasteiger partial charge in [-0.2, -0.15) is 0 Å². The Labute approximate surface area is 210 Å². The van der Waals surface area contributed by atoms with E-state index < -0.39 is 0 Å². The van der Waals surface area contributed by atoms with E-state index in [0.29, 0.717) is 27.6 Å². The quantitative estimate of drug-likeness (QED) is 0.298. The van der Waals surface area contributed by atoms with Gasteiger partial charge in [-0.15, -0.1) is 0 Å². The van der Waals surface area contributed by atoms with Gasteiger partial charge in [-0.05, 0) is 143 Å². The predicted octanol–water partition coefficient (Wildman–Crippen LogP) is 8.74. The summed E-state index contributed by atoms with van der Waals surface area (Å²) >= 11 is 0. The highest BCUT2D eigenvalue weighted by Crippen LogP contribution is 2.88. The first kappa shape index (κ1) is 24.9. The Morgan fingerprint density at radius 2 is 1.65 bits per heavy atom. The largest absolute Gasteiger partial charge is 0.462 e. The lowest BCUT2D eigenvalue weighted by molar-refractivity contribution is -0.165. The van der Waals surface area contributed by atoms with Crippen molar-refractivity contribution in [2.45, 2.75) is 132 Å². The summed E-state index contributed by atoms with van der Waals surface area (Å²) in [5, 5.41) is 0. The Kier molecular flexibility index (Phi) is 5.93. The standard InChI is InChI=1S/C32H52O2/c1-20(2)21(3)9-10-22(4)25-13-15-30(8)28-12-11-26-23(5)27(34-24(6)33)14-16-31(26)19-32(28,31)18-17-29(25,30)7/h22-23,25-28H,9-19H2,1-8H3/t22-,23+,25-,26+,27+,28+,29-,30+,31-,32+/m1/s1. The molecule has 0 radical (unpaired) electrons. The van der Waals surface area contributed by atoms with E-state index in [1.165, 1.54) is 69.8 Å². The molecule has 34 heavy (non-hydrogen) atoms. The van der Waals surface area contributed by atoms with Crippen molar-refractivity contribution in [3.8, 4) is 0 Å². The Bertz CT molecular complexity index is 868. The molecule has 2 heteroatoms. The number of carbonyl (C=O) groups is 1. The van der Waals surface area contributed by atoms with Gasteiger partial charge in [-0.3, -0.25) is 4.79 Å². The van der Waals surface area contributed by atoms with Crippen LogP contribution in [0.2, 0.25) is 0 Å². The second kappa shape index (κ2) is 8.11. The normalized spacial score (nSPS) is 49.7. The summed E-state index contributed by atoms with van der Waals surface area (Å²) in [6.45, 7) is 18.9. The van der Waals surface area contributed by atoms with Crippen LogP contribution in [0, 0.1) is 51.2 Å². The zero-order valence-electron chi connectivity index (χ0n) is 23.6.